The van der Waals surface area contributed by atoms with Crippen molar-refractivity contribution < 1.29 is 9.84 Å². The highest BCUT2D eigenvalue weighted by Gasteiger charge is 2.18. The molecule has 0 aliphatic carbocycles. The number of aliphatic hydroxyl groups is 1. The minimum absolute atomic E-state index is 0.323. The van der Waals surface area contributed by atoms with Crippen LogP contribution in [0.4, 0.5) is 0 Å². The Morgan fingerprint density at radius 2 is 1.95 bits per heavy atom. The van der Waals surface area contributed by atoms with Crippen molar-refractivity contribution in [3.8, 4) is 5.75 Å². The molecule has 1 aromatic rings. The number of hydrogen-bond acceptors (Lipinski definition) is 4. The molecule has 0 amide bonds. The molecule has 1 aliphatic rings. The average molecular weight is 264 g/mol. The van der Waals surface area contributed by atoms with Gasteiger partial charge in [0.1, 0.15) is 11.9 Å². The van der Waals surface area contributed by atoms with Crippen LogP contribution in [-0.2, 0) is 0 Å². The lowest BCUT2D eigenvalue weighted by molar-refractivity contribution is 0.114. The second-order valence-electron chi connectivity index (χ2n) is 5.26. The molecule has 2 N–H and O–H groups in total. The summed E-state index contributed by atoms with van der Waals surface area (Å²) in [6.45, 7) is 2.77. The second-order valence-corrected chi connectivity index (χ2v) is 5.26. The number of benzene rings is 1. The standard InChI is InChI=1S/C15H24N2O2/c1-16-11-15(18)12-3-5-13(6-4-12)19-14-7-9-17(2)10-8-14/h3-6,14-16,18H,7-11H2,1-2H3. The molecular weight excluding hydrogens is 240 g/mol. The van der Waals surface area contributed by atoms with E-state index in [0.29, 0.717) is 12.6 Å². The summed E-state index contributed by atoms with van der Waals surface area (Å²) in [5.41, 5.74) is 0.921. The summed E-state index contributed by atoms with van der Waals surface area (Å²) < 4.78 is 5.97. The van der Waals surface area contributed by atoms with Gasteiger partial charge < -0.3 is 20.1 Å². The Morgan fingerprint density at radius 3 is 2.53 bits per heavy atom. The summed E-state index contributed by atoms with van der Waals surface area (Å²) in [6, 6.07) is 7.78. The molecule has 19 heavy (non-hydrogen) atoms. The van der Waals surface area contributed by atoms with Crippen LogP contribution in [0.3, 0.4) is 0 Å². The summed E-state index contributed by atoms with van der Waals surface area (Å²) in [4.78, 5) is 2.33. The largest absolute Gasteiger partial charge is 0.490 e. The lowest BCUT2D eigenvalue weighted by Crippen LogP contribution is -2.35. The van der Waals surface area contributed by atoms with Gasteiger partial charge in [0.25, 0.3) is 0 Å². The van der Waals surface area contributed by atoms with Crippen LogP contribution in [0.2, 0.25) is 0 Å². The van der Waals surface area contributed by atoms with E-state index in [4.69, 9.17) is 4.74 Å². The minimum atomic E-state index is -0.456. The fourth-order valence-electron chi connectivity index (χ4n) is 2.37. The molecule has 0 aromatic heterocycles. The Hall–Kier alpha value is -1.10. The number of ether oxygens (including phenoxy) is 1. The van der Waals surface area contributed by atoms with Gasteiger partial charge in [-0.25, -0.2) is 0 Å². The number of rotatable bonds is 5. The first-order valence-electron chi connectivity index (χ1n) is 6.97. The molecule has 1 atom stereocenters. The van der Waals surface area contributed by atoms with Gasteiger partial charge in [0.15, 0.2) is 0 Å². The van der Waals surface area contributed by atoms with E-state index in [-0.39, 0.29) is 0 Å². The highest BCUT2D eigenvalue weighted by atomic mass is 16.5. The number of nitrogens with zero attached hydrogens (tertiary/aromatic N) is 1. The van der Waals surface area contributed by atoms with Crippen LogP contribution in [0.5, 0.6) is 5.75 Å². The van der Waals surface area contributed by atoms with Gasteiger partial charge >= 0.3 is 0 Å². The molecule has 0 bridgehead atoms. The molecule has 0 saturated carbocycles. The first-order chi connectivity index (χ1) is 9.19. The predicted molar refractivity (Wildman–Crippen MR) is 76.5 cm³/mol. The molecule has 1 aromatic carbocycles. The Morgan fingerprint density at radius 1 is 1.32 bits per heavy atom. The molecule has 2 rings (SSSR count). The van der Waals surface area contributed by atoms with E-state index < -0.39 is 6.10 Å². The third kappa shape index (κ3) is 4.20. The summed E-state index contributed by atoms with van der Waals surface area (Å²) >= 11 is 0. The Bertz CT molecular complexity index is 372. The van der Waals surface area contributed by atoms with E-state index in [2.05, 4.69) is 17.3 Å². The maximum Gasteiger partial charge on any atom is 0.119 e. The maximum atomic E-state index is 9.85. The molecule has 4 nitrogen and oxygen atoms in total. The summed E-state index contributed by atoms with van der Waals surface area (Å²) in [7, 11) is 3.98. The van der Waals surface area contributed by atoms with Gasteiger partial charge in [-0.1, -0.05) is 12.1 Å². The van der Waals surface area contributed by atoms with Crippen molar-refractivity contribution in [2.75, 3.05) is 33.7 Å². The fourth-order valence-corrected chi connectivity index (χ4v) is 2.37. The van der Waals surface area contributed by atoms with E-state index >= 15 is 0 Å². The van der Waals surface area contributed by atoms with E-state index in [1.165, 1.54) is 0 Å². The van der Waals surface area contributed by atoms with Crippen molar-refractivity contribution in [3.63, 3.8) is 0 Å². The monoisotopic (exact) mass is 264 g/mol. The van der Waals surface area contributed by atoms with E-state index in [1.807, 2.05) is 31.3 Å². The predicted octanol–water partition coefficient (Wildman–Crippen LogP) is 1.41. The molecule has 0 radical (unpaired) electrons. The third-order valence-corrected chi connectivity index (χ3v) is 3.63. The van der Waals surface area contributed by atoms with Gasteiger partial charge in [-0.05, 0) is 44.6 Å². The third-order valence-electron chi connectivity index (χ3n) is 3.63. The zero-order valence-corrected chi connectivity index (χ0v) is 11.8. The molecule has 0 spiro atoms. The van der Waals surface area contributed by atoms with E-state index in [0.717, 1.165) is 37.2 Å². The van der Waals surface area contributed by atoms with Gasteiger partial charge in [0, 0.05) is 19.6 Å². The first kappa shape index (κ1) is 14.3. The molecule has 1 fully saturated rings. The zero-order valence-electron chi connectivity index (χ0n) is 11.8. The van der Waals surface area contributed by atoms with Crippen molar-refractivity contribution in [2.45, 2.75) is 25.0 Å². The van der Waals surface area contributed by atoms with Gasteiger partial charge in [-0.2, -0.15) is 0 Å². The number of hydrogen-bond donors (Lipinski definition) is 2. The van der Waals surface area contributed by atoms with Gasteiger partial charge in [0.2, 0.25) is 0 Å². The fraction of sp³-hybridized carbons (Fsp3) is 0.600. The molecule has 4 heteroatoms. The highest BCUT2D eigenvalue weighted by Crippen LogP contribution is 2.21. The summed E-state index contributed by atoms with van der Waals surface area (Å²) in [5, 5.41) is 12.8. The normalized spacial score (nSPS) is 19.3. The van der Waals surface area contributed by atoms with Gasteiger partial charge in [0.05, 0.1) is 6.10 Å². The molecule has 1 unspecified atom stereocenters. The van der Waals surface area contributed by atoms with Gasteiger partial charge in [-0.3, -0.25) is 0 Å². The lowest BCUT2D eigenvalue weighted by atomic mass is 10.1. The number of likely N-dealkylation sites (N-methyl/N-ethyl adjacent to an activating group) is 1. The van der Waals surface area contributed by atoms with Crippen LogP contribution in [0.15, 0.2) is 24.3 Å². The van der Waals surface area contributed by atoms with Crippen LogP contribution >= 0.6 is 0 Å². The molecular formula is C15H24N2O2. The van der Waals surface area contributed by atoms with Crippen molar-refractivity contribution in [1.29, 1.82) is 0 Å². The SMILES string of the molecule is CNCC(O)c1ccc(OC2CCN(C)CC2)cc1. The van der Waals surface area contributed by atoms with Crippen molar-refractivity contribution in [1.82, 2.24) is 10.2 Å². The highest BCUT2D eigenvalue weighted by molar-refractivity contribution is 5.28. The molecule has 1 saturated heterocycles. The molecule has 1 aliphatic heterocycles. The lowest BCUT2D eigenvalue weighted by Gasteiger charge is -2.29. The van der Waals surface area contributed by atoms with Crippen LogP contribution in [0.1, 0.15) is 24.5 Å². The van der Waals surface area contributed by atoms with Crippen LogP contribution in [-0.4, -0.2) is 49.8 Å². The first-order valence-corrected chi connectivity index (χ1v) is 6.97. The minimum Gasteiger partial charge on any atom is -0.490 e. The van der Waals surface area contributed by atoms with Crippen molar-refractivity contribution in [3.05, 3.63) is 29.8 Å². The van der Waals surface area contributed by atoms with Crippen molar-refractivity contribution >= 4 is 0 Å². The second kappa shape index (κ2) is 6.89. The summed E-state index contributed by atoms with van der Waals surface area (Å²) in [6.07, 6.45) is 2.04. The van der Waals surface area contributed by atoms with Crippen LogP contribution in [0.25, 0.3) is 0 Å². The Kier molecular flexibility index (Phi) is 5.19. The van der Waals surface area contributed by atoms with Crippen molar-refractivity contribution in [2.24, 2.45) is 0 Å². The number of nitrogens with one attached hydrogen (secondary N) is 1. The quantitative estimate of drug-likeness (QED) is 0.844. The molecule has 106 valence electrons. The topological polar surface area (TPSA) is 44.7 Å². The maximum absolute atomic E-state index is 9.85. The van der Waals surface area contributed by atoms with E-state index in [1.54, 1.807) is 0 Å². The Labute approximate surface area is 115 Å². The zero-order chi connectivity index (χ0) is 13.7. The smallest absolute Gasteiger partial charge is 0.119 e. The van der Waals surface area contributed by atoms with E-state index in [9.17, 15) is 5.11 Å². The van der Waals surface area contributed by atoms with Crippen LogP contribution < -0.4 is 10.1 Å². The molecule has 1 heterocycles. The average Bonchev–Trinajstić information content (AvgIpc) is 2.42. The number of piperidine rings is 1. The number of aliphatic hydroxyl groups excluding tert-OH is 1. The van der Waals surface area contributed by atoms with Crippen LogP contribution in [0, 0.1) is 0 Å². The summed E-state index contributed by atoms with van der Waals surface area (Å²) in [5.74, 6) is 0.898. The Balaban J connectivity index is 1.88. The van der Waals surface area contributed by atoms with Gasteiger partial charge in [-0.15, -0.1) is 0 Å². The number of likely N-dealkylation sites (tertiary alicyclic amines) is 1.